The highest BCUT2D eigenvalue weighted by atomic mass is 127. The fraction of sp³-hybridized carbons (Fsp3) is 0. The molecule has 0 aromatic rings. The molecule has 8 heavy (non-hydrogen) atoms. The van der Waals surface area contributed by atoms with E-state index in [0.29, 0.717) is 0 Å². The molecule has 3 N–H and O–H groups in total. The zero-order valence-electron chi connectivity index (χ0n) is 3.69. The lowest BCUT2D eigenvalue weighted by Gasteiger charge is -1.86. The summed E-state index contributed by atoms with van der Waals surface area (Å²) in [4.78, 5) is 10.2. The Kier molecular flexibility index (Phi) is 4.11. The highest BCUT2D eigenvalue weighted by molar-refractivity contribution is 14.1. The van der Waals surface area contributed by atoms with Crippen molar-refractivity contribution in [3.63, 3.8) is 0 Å². The van der Waals surface area contributed by atoms with E-state index in [0.717, 1.165) is 0 Å². The average Bonchev–Trinajstić information content (AvgIpc) is 1.67. The van der Waals surface area contributed by atoms with Crippen LogP contribution in [0.1, 0.15) is 0 Å². The third-order valence-corrected chi connectivity index (χ3v) is 1.41. The Morgan fingerprint density at radius 1 is 1.88 bits per heavy atom. The van der Waals surface area contributed by atoms with Gasteiger partial charge in [0.2, 0.25) is 5.17 Å². The summed E-state index contributed by atoms with van der Waals surface area (Å²) in [6.45, 7) is 0. The minimum Gasteiger partial charge on any atom is -0.279 e. The van der Waals surface area contributed by atoms with Crippen LogP contribution in [-0.2, 0) is 4.79 Å². The first-order chi connectivity index (χ1) is 3.68. The number of nitrogens with zero attached hydrogens (tertiary/aromatic N) is 1. The van der Waals surface area contributed by atoms with Gasteiger partial charge in [-0.1, -0.05) is 11.6 Å². The number of nitrogens with one attached hydrogen (secondary N) is 1. The summed E-state index contributed by atoms with van der Waals surface area (Å²) in [5.74, 6) is 4.69. The van der Waals surface area contributed by atoms with Crippen molar-refractivity contribution in [2.45, 2.75) is 0 Å². The largest absolute Gasteiger partial charge is 0.279 e. The first-order valence-electron chi connectivity index (χ1n) is 1.57. The lowest BCUT2D eigenvalue weighted by Crippen LogP contribution is -2.17. The summed E-state index contributed by atoms with van der Waals surface area (Å²) in [6, 6.07) is 0. The van der Waals surface area contributed by atoms with E-state index in [4.69, 9.17) is 11.6 Å². The quantitative estimate of drug-likeness (QED) is 0.237. The number of nitrogens with two attached hydrogens (primary N) is 1. The van der Waals surface area contributed by atoms with Crippen molar-refractivity contribution in [1.29, 1.82) is 0 Å². The minimum atomic E-state index is -0.345. The van der Waals surface area contributed by atoms with Crippen LogP contribution < -0.4 is 11.4 Å². The van der Waals surface area contributed by atoms with E-state index >= 15 is 0 Å². The molecule has 46 valence electrons. The van der Waals surface area contributed by atoms with Crippen LogP contribution in [0.4, 0.5) is 0 Å². The summed E-state index contributed by atoms with van der Waals surface area (Å²) in [7, 11) is 0. The Morgan fingerprint density at radius 3 is 2.50 bits per heavy atom. The fourth-order valence-electron chi connectivity index (χ4n) is 0.101. The Bertz CT molecular complexity index is 124. The van der Waals surface area contributed by atoms with E-state index in [1.165, 1.54) is 22.6 Å². The molecule has 0 aliphatic heterocycles. The Balaban J connectivity index is 3.80. The molecule has 0 spiro atoms. The van der Waals surface area contributed by atoms with E-state index in [1.54, 1.807) is 0 Å². The minimum absolute atomic E-state index is 0.159. The molecular weight excluding hydrogens is 244 g/mol. The number of hydrazone groups is 1. The lowest BCUT2D eigenvalue weighted by atomic mass is 10.8. The van der Waals surface area contributed by atoms with Gasteiger partial charge in [-0.3, -0.25) is 4.79 Å². The monoisotopic (exact) mass is 247 g/mol. The average molecular weight is 247 g/mol. The zero-order chi connectivity index (χ0) is 6.57. The summed E-state index contributed by atoms with van der Waals surface area (Å²) in [6.07, 6.45) is 0. The van der Waals surface area contributed by atoms with Crippen molar-refractivity contribution in [1.82, 2.24) is 5.53 Å². The van der Waals surface area contributed by atoms with Crippen LogP contribution in [0.3, 0.4) is 0 Å². The van der Waals surface area contributed by atoms with Gasteiger partial charge in [0, 0.05) is 22.6 Å². The number of hydrogen-bond acceptors (Lipinski definition) is 4. The Hall–Kier alpha value is 0.120. The second kappa shape index (κ2) is 4.04. The van der Waals surface area contributed by atoms with Crippen LogP contribution in [0.15, 0.2) is 5.10 Å². The van der Waals surface area contributed by atoms with Crippen LogP contribution in [0.2, 0.25) is 0 Å². The third kappa shape index (κ3) is 3.16. The van der Waals surface area contributed by atoms with E-state index in [-0.39, 0.29) is 8.96 Å². The van der Waals surface area contributed by atoms with Gasteiger partial charge in [0.1, 0.15) is 0 Å². The first-order valence-corrected chi connectivity index (χ1v) is 3.02. The van der Waals surface area contributed by atoms with Crippen LogP contribution in [0, 0.1) is 0 Å². The van der Waals surface area contributed by atoms with Crippen molar-refractivity contribution in [2.24, 2.45) is 10.9 Å². The molecule has 0 unspecified atom stereocenters. The maximum absolute atomic E-state index is 10.2. The predicted molar refractivity (Wildman–Crippen MR) is 39.6 cm³/mol. The van der Waals surface area contributed by atoms with Gasteiger partial charge in [-0.25, -0.2) is 11.4 Å². The summed E-state index contributed by atoms with van der Waals surface area (Å²) in [5, 5.41) is 3.02. The number of hydrogen-bond donors (Lipinski definition) is 2. The van der Waals surface area contributed by atoms with E-state index in [9.17, 15) is 4.79 Å². The highest BCUT2D eigenvalue weighted by Gasteiger charge is 2.00. The number of rotatable bonds is 2. The molecule has 0 saturated heterocycles. The normalized spacial score (nSPS) is 11.1. The Labute approximate surface area is 64.6 Å². The van der Waals surface area contributed by atoms with Crippen molar-refractivity contribution in [3.8, 4) is 0 Å². The molecule has 0 rings (SSSR count). The third-order valence-electron chi connectivity index (χ3n) is 0.325. The number of hydrazine groups is 1. The van der Waals surface area contributed by atoms with Crippen molar-refractivity contribution >= 4 is 43.2 Å². The predicted octanol–water partition coefficient (Wildman–Crippen LogP) is -0.0364. The molecule has 0 aliphatic rings. The molecule has 0 heterocycles. The maximum atomic E-state index is 10.2. The highest BCUT2D eigenvalue weighted by Crippen LogP contribution is 1.93. The van der Waals surface area contributed by atoms with Gasteiger partial charge in [0.05, 0.1) is 0 Å². The molecule has 0 radical (unpaired) electrons. The van der Waals surface area contributed by atoms with Gasteiger partial charge in [-0.05, 0) is 0 Å². The van der Waals surface area contributed by atoms with Crippen molar-refractivity contribution in [2.75, 3.05) is 0 Å². The van der Waals surface area contributed by atoms with Gasteiger partial charge in [-0.15, -0.1) is 5.10 Å². The fourth-order valence-corrected chi connectivity index (χ4v) is 0.270. The van der Waals surface area contributed by atoms with Crippen LogP contribution in [0.25, 0.3) is 0 Å². The molecule has 4 nitrogen and oxygen atoms in total. The first kappa shape index (κ1) is 8.12. The second-order valence-corrected chi connectivity index (χ2v) is 2.14. The molecule has 0 amide bonds. The smallest absolute Gasteiger partial charge is 0.254 e. The molecule has 0 aromatic heterocycles. The standard InChI is InChI=1S/C2H3ClIN3O/c3-1(2(4)8)6-7-5/h7H,5H2/b6-1-. The summed E-state index contributed by atoms with van der Waals surface area (Å²) in [5.41, 5.74) is 1.88. The van der Waals surface area contributed by atoms with Crippen molar-refractivity contribution in [3.05, 3.63) is 0 Å². The molecule has 0 aromatic carbocycles. The van der Waals surface area contributed by atoms with E-state index in [1.807, 2.05) is 5.53 Å². The van der Waals surface area contributed by atoms with Crippen LogP contribution in [-0.4, -0.2) is 8.96 Å². The SMILES string of the molecule is NN/N=C(\Cl)C(=O)I. The molecule has 0 atom stereocenters. The van der Waals surface area contributed by atoms with Gasteiger partial charge in [0.15, 0.2) is 0 Å². The van der Waals surface area contributed by atoms with Gasteiger partial charge in [-0.2, -0.15) is 0 Å². The van der Waals surface area contributed by atoms with E-state index < -0.39 is 0 Å². The van der Waals surface area contributed by atoms with Gasteiger partial charge >= 0.3 is 0 Å². The van der Waals surface area contributed by atoms with Gasteiger partial charge in [0.25, 0.3) is 3.79 Å². The van der Waals surface area contributed by atoms with Crippen LogP contribution in [0.5, 0.6) is 0 Å². The number of halogens is 2. The lowest BCUT2D eigenvalue weighted by molar-refractivity contribution is -0.104. The second-order valence-electron chi connectivity index (χ2n) is 0.805. The molecule has 0 saturated carbocycles. The summed E-state index contributed by atoms with van der Waals surface area (Å²) < 4.78 is -0.345. The van der Waals surface area contributed by atoms with Crippen LogP contribution >= 0.6 is 34.2 Å². The molecular formula is C2H3ClIN3O. The Morgan fingerprint density at radius 2 is 2.38 bits per heavy atom. The number of carbonyl (C=O) groups is 1. The molecule has 0 fully saturated rings. The zero-order valence-corrected chi connectivity index (χ0v) is 6.60. The topological polar surface area (TPSA) is 67.5 Å². The van der Waals surface area contributed by atoms with Crippen molar-refractivity contribution < 1.29 is 4.79 Å². The summed E-state index contributed by atoms with van der Waals surface area (Å²) >= 11 is 6.66. The maximum Gasteiger partial charge on any atom is 0.254 e. The molecule has 0 aliphatic carbocycles. The number of carbonyl (C=O) groups excluding carboxylic acids is 1. The van der Waals surface area contributed by atoms with E-state index in [2.05, 4.69) is 10.9 Å². The van der Waals surface area contributed by atoms with Gasteiger partial charge < -0.3 is 0 Å². The molecule has 6 heteroatoms. The molecule has 0 bridgehead atoms.